The lowest BCUT2D eigenvalue weighted by Gasteiger charge is -2.26. The van der Waals surface area contributed by atoms with Crippen molar-refractivity contribution in [3.05, 3.63) is 47.9 Å². The summed E-state index contributed by atoms with van der Waals surface area (Å²) < 4.78 is 32.3. The van der Waals surface area contributed by atoms with E-state index in [0.717, 1.165) is 24.8 Å². The number of piperidine rings is 1. The molecule has 1 aromatic heterocycles. The molecule has 2 aromatic rings. The standard InChI is InChI=1S/C20H25N3O5S/c1-15-8-9-16(29(26,27)23-10-4-3-5-11-23)13-17(15)21-19(24)14-22(2)20(25)18-7-6-12-28-18/h6-9,12-13H,3-5,10-11,14H2,1-2H3,(H,21,24). The van der Waals surface area contributed by atoms with Crippen LogP contribution in [0.15, 0.2) is 45.9 Å². The number of anilines is 1. The molecule has 0 unspecified atom stereocenters. The highest BCUT2D eigenvalue weighted by molar-refractivity contribution is 7.89. The van der Waals surface area contributed by atoms with Crippen LogP contribution in [0, 0.1) is 6.92 Å². The summed E-state index contributed by atoms with van der Waals surface area (Å²) in [5.74, 6) is -0.697. The van der Waals surface area contributed by atoms with E-state index in [-0.39, 0.29) is 17.2 Å². The highest BCUT2D eigenvalue weighted by atomic mass is 32.2. The van der Waals surface area contributed by atoms with Crippen LogP contribution in [0.2, 0.25) is 0 Å². The number of likely N-dealkylation sites (N-methyl/N-ethyl adjacent to an activating group) is 1. The van der Waals surface area contributed by atoms with Gasteiger partial charge in [0.1, 0.15) is 0 Å². The molecule has 2 amide bonds. The van der Waals surface area contributed by atoms with E-state index in [1.165, 1.54) is 34.6 Å². The molecule has 156 valence electrons. The zero-order valence-corrected chi connectivity index (χ0v) is 17.4. The fraction of sp³-hybridized carbons (Fsp3) is 0.400. The highest BCUT2D eigenvalue weighted by Gasteiger charge is 2.26. The summed E-state index contributed by atoms with van der Waals surface area (Å²) in [6.07, 6.45) is 4.12. The van der Waals surface area contributed by atoms with E-state index in [2.05, 4.69) is 5.32 Å². The molecule has 0 atom stereocenters. The molecule has 0 bridgehead atoms. The number of benzene rings is 1. The minimum absolute atomic E-state index is 0.145. The van der Waals surface area contributed by atoms with Gasteiger partial charge in [-0.2, -0.15) is 4.31 Å². The molecule has 0 spiro atoms. The van der Waals surface area contributed by atoms with Crippen LogP contribution in [0.25, 0.3) is 0 Å². The van der Waals surface area contributed by atoms with E-state index >= 15 is 0 Å². The number of carbonyl (C=O) groups is 2. The second-order valence-electron chi connectivity index (χ2n) is 7.13. The number of rotatable bonds is 6. The number of carbonyl (C=O) groups excluding carboxylic acids is 2. The molecule has 1 aliphatic heterocycles. The monoisotopic (exact) mass is 419 g/mol. The topological polar surface area (TPSA) is 99.9 Å². The van der Waals surface area contributed by atoms with Gasteiger partial charge in [0, 0.05) is 25.8 Å². The van der Waals surface area contributed by atoms with Crippen LogP contribution in [0.3, 0.4) is 0 Å². The summed E-state index contributed by atoms with van der Waals surface area (Å²) >= 11 is 0. The third-order valence-electron chi connectivity index (χ3n) is 4.90. The van der Waals surface area contributed by atoms with E-state index in [9.17, 15) is 18.0 Å². The van der Waals surface area contributed by atoms with E-state index < -0.39 is 21.8 Å². The molecule has 9 heteroatoms. The van der Waals surface area contributed by atoms with Gasteiger partial charge in [0.05, 0.1) is 17.7 Å². The third kappa shape index (κ3) is 4.86. The summed E-state index contributed by atoms with van der Waals surface area (Å²) in [6, 6.07) is 7.83. The Morgan fingerprint density at radius 1 is 1.17 bits per heavy atom. The number of hydrogen-bond donors (Lipinski definition) is 1. The maximum atomic E-state index is 12.9. The van der Waals surface area contributed by atoms with Crippen molar-refractivity contribution < 1.29 is 22.4 Å². The number of nitrogens with one attached hydrogen (secondary N) is 1. The first-order valence-electron chi connectivity index (χ1n) is 9.48. The highest BCUT2D eigenvalue weighted by Crippen LogP contribution is 2.25. The van der Waals surface area contributed by atoms with E-state index in [1.54, 1.807) is 25.1 Å². The number of nitrogens with zero attached hydrogens (tertiary/aromatic N) is 2. The third-order valence-corrected chi connectivity index (χ3v) is 6.79. The van der Waals surface area contributed by atoms with Gasteiger partial charge in [0.25, 0.3) is 5.91 Å². The maximum Gasteiger partial charge on any atom is 0.289 e. The van der Waals surface area contributed by atoms with Gasteiger partial charge < -0.3 is 14.6 Å². The molecule has 0 saturated carbocycles. The fourth-order valence-electron chi connectivity index (χ4n) is 3.22. The zero-order chi connectivity index (χ0) is 21.0. The summed E-state index contributed by atoms with van der Waals surface area (Å²) in [5, 5.41) is 2.71. The van der Waals surface area contributed by atoms with Crippen molar-refractivity contribution in [3.8, 4) is 0 Å². The summed E-state index contributed by atoms with van der Waals surface area (Å²) in [4.78, 5) is 26.0. The second kappa shape index (κ2) is 8.79. The first-order valence-corrected chi connectivity index (χ1v) is 10.9. The van der Waals surface area contributed by atoms with Crippen LogP contribution < -0.4 is 5.32 Å². The van der Waals surface area contributed by atoms with Crippen molar-refractivity contribution in [2.75, 3.05) is 32.0 Å². The predicted octanol–water partition coefficient (Wildman–Crippen LogP) is 2.47. The molecule has 1 fully saturated rings. The van der Waals surface area contributed by atoms with Gasteiger partial charge in [-0.05, 0) is 49.6 Å². The molecule has 1 aliphatic rings. The molecular formula is C20H25N3O5S. The minimum Gasteiger partial charge on any atom is -0.459 e. The van der Waals surface area contributed by atoms with Crippen molar-refractivity contribution >= 4 is 27.5 Å². The maximum absolute atomic E-state index is 12.9. The van der Waals surface area contributed by atoms with Gasteiger partial charge in [0.15, 0.2) is 5.76 Å². The molecule has 3 rings (SSSR count). The Kier molecular flexibility index (Phi) is 6.39. The molecule has 2 heterocycles. The summed E-state index contributed by atoms with van der Waals surface area (Å²) in [5.41, 5.74) is 1.14. The number of amides is 2. The first-order chi connectivity index (χ1) is 13.8. The number of furan rings is 1. The predicted molar refractivity (Wildman–Crippen MR) is 108 cm³/mol. The van der Waals surface area contributed by atoms with E-state index in [1.807, 2.05) is 0 Å². The van der Waals surface area contributed by atoms with Crippen LogP contribution >= 0.6 is 0 Å². The van der Waals surface area contributed by atoms with Crippen LogP contribution in [-0.2, 0) is 14.8 Å². The van der Waals surface area contributed by atoms with Crippen LogP contribution in [-0.4, -0.2) is 56.1 Å². The lowest BCUT2D eigenvalue weighted by molar-refractivity contribution is -0.116. The van der Waals surface area contributed by atoms with Crippen LogP contribution in [0.1, 0.15) is 35.4 Å². The van der Waals surface area contributed by atoms with Gasteiger partial charge in [-0.25, -0.2) is 8.42 Å². The van der Waals surface area contributed by atoms with Crippen molar-refractivity contribution in [1.82, 2.24) is 9.21 Å². The van der Waals surface area contributed by atoms with Crippen molar-refractivity contribution in [3.63, 3.8) is 0 Å². The molecular weight excluding hydrogens is 394 g/mol. The molecule has 29 heavy (non-hydrogen) atoms. The number of hydrogen-bond acceptors (Lipinski definition) is 5. The van der Waals surface area contributed by atoms with Gasteiger partial charge in [-0.3, -0.25) is 9.59 Å². The van der Waals surface area contributed by atoms with Gasteiger partial charge in [-0.15, -0.1) is 0 Å². The Bertz CT molecular complexity index is 980. The first kappa shape index (κ1) is 21.1. The Labute approximate surface area is 170 Å². The Morgan fingerprint density at radius 2 is 1.90 bits per heavy atom. The smallest absolute Gasteiger partial charge is 0.289 e. The van der Waals surface area contributed by atoms with Gasteiger partial charge in [-0.1, -0.05) is 12.5 Å². The molecule has 1 N–H and O–H groups in total. The van der Waals surface area contributed by atoms with Crippen molar-refractivity contribution in [1.29, 1.82) is 0 Å². The zero-order valence-electron chi connectivity index (χ0n) is 16.6. The number of aryl methyl sites for hydroxylation is 1. The molecule has 0 aliphatic carbocycles. The SMILES string of the molecule is Cc1ccc(S(=O)(=O)N2CCCCC2)cc1NC(=O)CN(C)C(=O)c1ccco1. The fourth-order valence-corrected chi connectivity index (χ4v) is 4.76. The minimum atomic E-state index is -3.60. The Balaban J connectivity index is 1.71. The Morgan fingerprint density at radius 3 is 2.55 bits per heavy atom. The normalized spacial score (nSPS) is 15.1. The lowest BCUT2D eigenvalue weighted by atomic mass is 10.2. The second-order valence-corrected chi connectivity index (χ2v) is 9.07. The summed E-state index contributed by atoms with van der Waals surface area (Å²) in [6.45, 7) is 2.61. The van der Waals surface area contributed by atoms with Crippen molar-refractivity contribution in [2.24, 2.45) is 0 Å². The largest absolute Gasteiger partial charge is 0.459 e. The Hall–Kier alpha value is -2.65. The van der Waals surface area contributed by atoms with E-state index in [0.29, 0.717) is 18.8 Å². The van der Waals surface area contributed by atoms with Crippen molar-refractivity contribution in [2.45, 2.75) is 31.1 Å². The molecule has 0 radical (unpaired) electrons. The van der Waals surface area contributed by atoms with Gasteiger partial charge >= 0.3 is 0 Å². The van der Waals surface area contributed by atoms with Crippen LogP contribution in [0.4, 0.5) is 5.69 Å². The number of sulfonamides is 1. The lowest BCUT2D eigenvalue weighted by Crippen LogP contribution is -2.36. The molecule has 1 saturated heterocycles. The van der Waals surface area contributed by atoms with Gasteiger partial charge in [0.2, 0.25) is 15.9 Å². The van der Waals surface area contributed by atoms with Crippen LogP contribution in [0.5, 0.6) is 0 Å². The van der Waals surface area contributed by atoms with E-state index in [4.69, 9.17) is 4.42 Å². The molecule has 8 nitrogen and oxygen atoms in total. The molecule has 1 aromatic carbocycles. The summed E-state index contributed by atoms with van der Waals surface area (Å²) in [7, 11) is -2.10. The quantitative estimate of drug-likeness (QED) is 0.775. The average Bonchev–Trinajstić information content (AvgIpc) is 3.24. The average molecular weight is 420 g/mol.